The fourth-order valence-electron chi connectivity index (χ4n) is 2.74. The van der Waals surface area contributed by atoms with Crippen molar-refractivity contribution in [3.05, 3.63) is 53.1 Å². The van der Waals surface area contributed by atoms with E-state index in [0.29, 0.717) is 25.0 Å². The monoisotopic (exact) mass is 418 g/mol. The molecule has 9 heteroatoms. The third-order valence-electron chi connectivity index (χ3n) is 4.02. The Morgan fingerprint density at radius 1 is 1.03 bits per heavy atom. The van der Waals surface area contributed by atoms with Crippen molar-refractivity contribution in [1.82, 2.24) is 0 Å². The fraction of sp³-hybridized carbons (Fsp3) is 0.350. The Morgan fingerprint density at radius 3 is 2.34 bits per heavy atom. The molecule has 29 heavy (non-hydrogen) atoms. The topological polar surface area (TPSA) is 55.8 Å². The van der Waals surface area contributed by atoms with Crippen molar-refractivity contribution in [1.29, 1.82) is 0 Å². The highest BCUT2D eigenvalue weighted by molar-refractivity contribution is 5.67. The maximum atomic E-state index is 12.8. The normalized spacial score (nSPS) is 11.6. The quantitative estimate of drug-likeness (QED) is 0.503. The summed E-state index contributed by atoms with van der Waals surface area (Å²) in [6.07, 6.45) is -3.07. The summed E-state index contributed by atoms with van der Waals surface area (Å²) in [5.41, 5.74) is 0.476. The summed E-state index contributed by atoms with van der Waals surface area (Å²) < 4.78 is 73.5. The van der Waals surface area contributed by atoms with Crippen LogP contribution < -0.4 is 9.47 Å². The molecule has 1 N–H and O–H groups in total. The van der Waals surface area contributed by atoms with Gasteiger partial charge in [0, 0.05) is 6.42 Å². The zero-order chi connectivity index (χ0) is 21.6. The molecule has 0 heterocycles. The summed E-state index contributed by atoms with van der Waals surface area (Å²) >= 11 is 0. The summed E-state index contributed by atoms with van der Waals surface area (Å²) in [7, 11) is 0. The van der Waals surface area contributed by atoms with E-state index in [1.54, 1.807) is 12.1 Å². The van der Waals surface area contributed by atoms with Crippen molar-refractivity contribution in [3.63, 3.8) is 0 Å². The Bertz CT molecular complexity index is 849. The van der Waals surface area contributed by atoms with Gasteiger partial charge < -0.3 is 14.6 Å². The number of benzene rings is 2. The van der Waals surface area contributed by atoms with Crippen LogP contribution in [0.2, 0.25) is 0 Å². The van der Waals surface area contributed by atoms with Gasteiger partial charge in [0.15, 0.2) is 11.5 Å². The third-order valence-corrected chi connectivity index (χ3v) is 4.02. The molecule has 0 fully saturated rings. The van der Waals surface area contributed by atoms with Gasteiger partial charge in [-0.2, -0.15) is 22.0 Å². The smallest absolute Gasteiger partial charge is 0.416 e. The highest BCUT2D eigenvalue weighted by atomic mass is 19.4. The molecule has 2 aromatic carbocycles. The Kier molecular flexibility index (Phi) is 7.41. The zero-order valence-electron chi connectivity index (χ0n) is 15.4. The van der Waals surface area contributed by atoms with E-state index in [1.165, 1.54) is 6.07 Å². The average molecular weight is 418 g/mol. The number of aryl methyl sites for hydroxylation is 2. The minimum absolute atomic E-state index is 0.0534. The van der Waals surface area contributed by atoms with E-state index in [9.17, 15) is 26.7 Å². The number of halogens is 5. The minimum atomic E-state index is -4.72. The van der Waals surface area contributed by atoms with Gasteiger partial charge in [0.25, 0.3) is 0 Å². The molecule has 4 nitrogen and oxygen atoms in total. The van der Waals surface area contributed by atoms with Crippen LogP contribution in [0.15, 0.2) is 36.4 Å². The van der Waals surface area contributed by atoms with E-state index in [-0.39, 0.29) is 17.9 Å². The summed E-state index contributed by atoms with van der Waals surface area (Å²) in [5.74, 6) is -1.75. The van der Waals surface area contributed by atoms with E-state index in [0.717, 1.165) is 23.6 Å². The highest BCUT2D eigenvalue weighted by Gasteiger charge is 2.32. The maximum absolute atomic E-state index is 12.8. The fourth-order valence-corrected chi connectivity index (χ4v) is 2.74. The molecule has 0 saturated carbocycles. The highest BCUT2D eigenvalue weighted by Crippen LogP contribution is 2.39. The first-order chi connectivity index (χ1) is 13.6. The molecule has 0 saturated heterocycles. The van der Waals surface area contributed by atoms with Crippen molar-refractivity contribution in [2.24, 2.45) is 0 Å². The molecule has 158 valence electrons. The van der Waals surface area contributed by atoms with E-state index in [4.69, 9.17) is 9.84 Å². The minimum Gasteiger partial charge on any atom is -0.481 e. The predicted molar refractivity (Wildman–Crippen MR) is 94.5 cm³/mol. The van der Waals surface area contributed by atoms with Gasteiger partial charge in [0.2, 0.25) is 0 Å². The van der Waals surface area contributed by atoms with Gasteiger partial charge in [-0.25, -0.2) is 0 Å². The number of carbonyl (C=O) groups is 1. The van der Waals surface area contributed by atoms with Crippen LogP contribution in [-0.2, 0) is 23.8 Å². The number of carboxylic acids is 1. The predicted octanol–water partition coefficient (Wildman–Crippen LogP) is 6.07. The first-order valence-electron chi connectivity index (χ1n) is 8.77. The lowest BCUT2D eigenvalue weighted by Crippen LogP contribution is -2.08. The second-order valence-corrected chi connectivity index (χ2v) is 6.21. The van der Waals surface area contributed by atoms with Crippen molar-refractivity contribution in [2.45, 2.75) is 45.4 Å². The third kappa shape index (κ3) is 6.62. The van der Waals surface area contributed by atoms with Crippen molar-refractivity contribution in [2.75, 3.05) is 0 Å². The van der Waals surface area contributed by atoms with Crippen molar-refractivity contribution < 1.29 is 41.3 Å². The van der Waals surface area contributed by atoms with Crippen LogP contribution in [0.3, 0.4) is 0 Å². The van der Waals surface area contributed by atoms with E-state index in [1.807, 2.05) is 6.92 Å². The van der Waals surface area contributed by atoms with E-state index in [2.05, 4.69) is 4.74 Å². The second-order valence-electron chi connectivity index (χ2n) is 6.21. The van der Waals surface area contributed by atoms with Crippen LogP contribution >= 0.6 is 0 Å². The second kappa shape index (κ2) is 9.58. The summed E-state index contributed by atoms with van der Waals surface area (Å²) in [6, 6.07) is 6.85. The number of ether oxygens (including phenoxy) is 2. The molecular formula is C20H19F5O4. The van der Waals surface area contributed by atoms with Crippen LogP contribution in [-0.4, -0.2) is 17.7 Å². The van der Waals surface area contributed by atoms with Gasteiger partial charge in [0.05, 0.1) is 5.56 Å². The van der Waals surface area contributed by atoms with Crippen LogP contribution in [0.4, 0.5) is 22.0 Å². The van der Waals surface area contributed by atoms with Crippen LogP contribution in [0.5, 0.6) is 17.2 Å². The lowest BCUT2D eigenvalue weighted by atomic mass is 9.99. The standard InChI is InChI=1S/C20H19F5O4/c1-2-3-13-10-15(7-4-12(13)5-9-18(26)27)28-16-8-6-14(20(23,24)25)11-17(16)29-19(21)22/h4,6-8,10-11,19H,2-3,5,9H2,1H3,(H,26,27). The molecule has 0 aliphatic rings. The number of aliphatic carboxylic acids is 1. The molecule has 0 atom stereocenters. The van der Waals surface area contributed by atoms with Gasteiger partial charge in [0.1, 0.15) is 5.75 Å². The van der Waals surface area contributed by atoms with E-state index < -0.39 is 30.1 Å². The number of alkyl halides is 5. The maximum Gasteiger partial charge on any atom is 0.416 e. The van der Waals surface area contributed by atoms with Crippen LogP contribution in [0.25, 0.3) is 0 Å². The first-order valence-corrected chi connectivity index (χ1v) is 8.77. The average Bonchev–Trinajstić information content (AvgIpc) is 2.61. The Balaban J connectivity index is 2.34. The number of hydrogen-bond acceptors (Lipinski definition) is 3. The molecule has 0 unspecified atom stereocenters. The van der Waals surface area contributed by atoms with Gasteiger partial charge in [-0.05, 0) is 54.3 Å². The van der Waals surface area contributed by atoms with Gasteiger partial charge >= 0.3 is 18.8 Å². The number of carboxylic acid groups (broad SMARTS) is 1. The molecule has 0 bridgehead atoms. The molecule has 0 spiro atoms. The number of rotatable bonds is 9. The lowest BCUT2D eigenvalue weighted by Gasteiger charge is -2.16. The van der Waals surface area contributed by atoms with Gasteiger partial charge in [-0.1, -0.05) is 19.4 Å². The Hall–Kier alpha value is -2.84. The zero-order valence-corrected chi connectivity index (χ0v) is 15.4. The largest absolute Gasteiger partial charge is 0.481 e. The van der Waals surface area contributed by atoms with Crippen molar-refractivity contribution in [3.8, 4) is 17.2 Å². The Morgan fingerprint density at radius 2 is 1.76 bits per heavy atom. The molecule has 2 aromatic rings. The summed E-state index contributed by atoms with van der Waals surface area (Å²) in [6.45, 7) is -1.39. The van der Waals surface area contributed by atoms with Crippen molar-refractivity contribution >= 4 is 5.97 Å². The van der Waals surface area contributed by atoms with Crippen LogP contribution in [0, 0.1) is 0 Å². The summed E-state index contributed by atoms with van der Waals surface area (Å²) in [4.78, 5) is 10.8. The molecule has 2 rings (SSSR count). The Labute approximate surface area is 163 Å². The molecule has 0 aliphatic carbocycles. The molecule has 0 aromatic heterocycles. The molecule has 0 amide bonds. The lowest BCUT2D eigenvalue weighted by molar-refractivity contribution is -0.138. The summed E-state index contributed by atoms with van der Waals surface area (Å²) in [5, 5.41) is 8.85. The number of hydrogen-bond donors (Lipinski definition) is 1. The van der Waals surface area contributed by atoms with E-state index >= 15 is 0 Å². The molecule has 0 radical (unpaired) electrons. The molecular weight excluding hydrogens is 399 g/mol. The van der Waals surface area contributed by atoms with Gasteiger partial charge in [-0.3, -0.25) is 4.79 Å². The first kappa shape index (κ1) is 22.4. The molecule has 0 aliphatic heterocycles. The SMILES string of the molecule is CCCc1cc(Oc2ccc(C(F)(F)F)cc2OC(F)F)ccc1CCC(=O)O. The van der Waals surface area contributed by atoms with Gasteiger partial charge in [-0.15, -0.1) is 0 Å². The van der Waals surface area contributed by atoms with Crippen LogP contribution in [0.1, 0.15) is 36.5 Å².